The fraction of sp³-hybridized carbons (Fsp3) is 0.226. The van der Waals surface area contributed by atoms with Crippen LogP contribution in [0.4, 0.5) is 10.1 Å². The van der Waals surface area contributed by atoms with E-state index >= 15 is 4.39 Å². The van der Waals surface area contributed by atoms with Crippen molar-refractivity contribution in [2.24, 2.45) is 0 Å². The molecule has 10 nitrogen and oxygen atoms in total. The van der Waals surface area contributed by atoms with Crippen molar-refractivity contribution in [3.63, 3.8) is 0 Å². The molecule has 0 unspecified atom stereocenters. The van der Waals surface area contributed by atoms with E-state index in [1.54, 1.807) is 79.9 Å². The van der Waals surface area contributed by atoms with E-state index < -0.39 is 22.1 Å². The van der Waals surface area contributed by atoms with Gasteiger partial charge in [0.2, 0.25) is 15.9 Å². The largest absolute Gasteiger partial charge is 0.473 e. The number of fused-ring (bicyclic) bond motifs is 1. The summed E-state index contributed by atoms with van der Waals surface area (Å²) in [5.41, 5.74) is 4.24. The molecule has 0 atom stereocenters. The van der Waals surface area contributed by atoms with E-state index in [-0.39, 0.29) is 13.0 Å². The Morgan fingerprint density at radius 1 is 0.977 bits per heavy atom. The summed E-state index contributed by atoms with van der Waals surface area (Å²) in [6, 6.07) is 21.9. The SMILES string of the molecule is COCCn1c(Cc2ccc(-c3cccc(OCc4ccccc4NS(C)(=O)=O)n3)cc2F)nc2ccc(C(O)O)cc21. The minimum atomic E-state index is -3.46. The average molecular weight is 607 g/mol. The van der Waals surface area contributed by atoms with Gasteiger partial charge in [0.25, 0.3) is 0 Å². The number of halogens is 1. The maximum absolute atomic E-state index is 15.4. The number of hydrogen-bond donors (Lipinski definition) is 3. The van der Waals surface area contributed by atoms with Crippen LogP contribution in [0.25, 0.3) is 22.3 Å². The van der Waals surface area contributed by atoms with Gasteiger partial charge in [0, 0.05) is 42.8 Å². The highest BCUT2D eigenvalue weighted by Gasteiger charge is 2.16. The van der Waals surface area contributed by atoms with E-state index in [9.17, 15) is 18.6 Å². The summed E-state index contributed by atoms with van der Waals surface area (Å²) in [5, 5.41) is 19.2. The maximum Gasteiger partial charge on any atom is 0.229 e. The van der Waals surface area contributed by atoms with E-state index in [1.165, 1.54) is 6.07 Å². The van der Waals surface area contributed by atoms with Crippen LogP contribution < -0.4 is 9.46 Å². The molecule has 3 aromatic carbocycles. The number of anilines is 1. The van der Waals surface area contributed by atoms with Gasteiger partial charge >= 0.3 is 0 Å². The van der Waals surface area contributed by atoms with Crippen LogP contribution in [-0.2, 0) is 34.3 Å². The summed E-state index contributed by atoms with van der Waals surface area (Å²) in [6.07, 6.45) is -0.329. The van der Waals surface area contributed by atoms with Gasteiger partial charge in [-0.1, -0.05) is 42.5 Å². The number of ether oxygens (including phenoxy) is 2. The number of nitrogens with one attached hydrogen (secondary N) is 1. The quantitative estimate of drug-likeness (QED) is 0.178. The molecule has 224 valence electrons. The first-order chi connectivity index (χ1) is 20.6. The van der Waals surface area contributed by atoms with Gasteiger partial charge in [-0.15, -0.1) is 0 Å². The molecule has 2 heterocycles. The number of aliphatic hydroxyl groups excluding tert-OH is 1. The fourth-order valence-corrected chi connectivity index (χ4v) is 5.29. The topological polar surface area (TPSA) is 136 Å². The first kappa shape index (κ1) is 30.1. The van der Waals surface area contributed by atoms with Gasteiger partial charge in [-0.3, -0.25) is 4.72 Å². The van der Waals surface area contributed by atoms with Gasteiger partial charge in [-0.05, 0) is 35.9 Å². The molecule has 0 aliphatic heterocycles. The summed E-state index contributed by atoms with van der Waals surface area (Å²) in [6.45, 7) is 0.930. The molecule has 3 N–H and O–H groups in total. The predicted octanol–water partition coefficient (Wildman–Crippen LogP) is 4.41. The summed E-state index contributed by atoms with van der Waals surface area (Å²) in [7, 11) is -1.87. The molecule has 43 heavy (non-hydrogen) atoms. The lowest BCUT2D eigenvalue weighted by Crippen LogP contribution is -2.12. The van der Waals surface area contributed by atoms with Crippen LogP contribution in [0.5, 0.6) is 5.88 Å². The lowest BCUT2D eigenvalue weighted by Gasteiger charge is -2.12. The Labute approximate surface area is 248 Å². The number of aromatic nitrogens is 3. The molecule has 0 radical (unpaired) electrons. The number of para-hydroxylation sites is 1. The van der Waals surface area contributed by atoms with E-state index in [1.807, 2.05) is 4.57 Å². The second-order valence-corrected chi connectivity index (χ2v) is 11.7. The van der Waals surface area contributed by atoms with Crippen molar-refractivity contribution >= 4 is 26.7 Å². The smallest absolute Gasteiger partial charge is 0.229 e. The third-order valence-electron chi connectivity index (χ3n) is 6.78. The van der Waals surface area contributed by atoms with Crippen molar-refractivity contribution in [3.05, 3.63) is 107 Å². The van der Waals surface area contributed by atoms with Crippen LogP contribution in [0, 0.1) is 5.82 Å². The van der Waals surface area contributed by atoms with E-state index in [0.29, 0.717) is 69.5 Å². The number of pyridine rings is 1. The fourth-order valence-electron chi connectivity index (χ4n) is 4.69. The zero-order chi connectivity index (χ0) is 30.6. The maximum atomic E-state index is 15.4. The van der Waals surface area contributed by atoms with Crippen LogP contribution in [-0.4, -0.2) is 53.1 Å². The highest BCUT2D eigenvalue weighted by Crippen LogP contribution is 2.27. The molecule has 0 aliphatic carbocycles. The van der Waals surface area contributed by atoms with Crippen LogP contribution in [0.1, 0.15) is 28.8 Å². The first-order valence-electron chi connectivity index (χ1n) is 13.4. The summed E-state index contributed by atoms with van der Waals surface area (Å²) in [5.74, 6) is 0.487. The third kappa shape index (κ3) is 7.35. The highest BCUT2D eigenvalue weighted by atomic mass is 32.2. The number of hydrogen-bond acceptors (Lipinski definition) is 8. The number of imidazole rings is 1. The number of aliphatic hydroxyl groups is 2. The highest BCUT2D eigenvalue weighted by molar-refractivity contribution is 7.92. The lowest BCUT2D eigenvalue weighted by atomic mass is 10.1. The molecule has 2 aromatic heterocycles. The molecule has 0 aliphatic rings. The number of rotatable bonds is 12. The van der Waals surface area contributed by atoms with Crippen LogP contribution in [0.2, 0.25) is 0 Å². The number of methoxy groups -OCH3 is 1. The second kappa shape index (κ2) is 12.9. The molecule has 0 amide bonds. The van der Waals surface area contributed by atoms with Crippen LogP contribution in [0.3, 0.4) is 0 Å². The molecular weight excluding hydrogens is 575 g/mol. The van der Waals surface area contributed by atoms with E-state index in [4.69, 9.17) is 9.47 Å². The molecule has 0 saturated heterocycles. The zero-order valence-corrected chi connectivity index (χ0v) is 24.4. The van der Waals surface area contributed by atoms with Crippen molar-refractivity contribution in [1.82, 2.24) is 14.5 Å². The Morgan fingerprint density at radius 2 is 1.79 bits per heavy atom. The Kier molecular flexibility index (Phi) is 9.02. The number of nitrogens with zero attached hydrogens (tertiary/aromatic N) is 3. The standard InChI is InChI=1S/C31H31FN4O6S/c1-41-15-14-36-28-17-22(31(37)38)12-13-27(28)33-29(36)18-20-10-11-21(16-24(20)32)25-8-5-9-30(34-25)42-19-23-6-3-4-7-26(23)35-43(2,39)40/h3-13,16-17,31,35,37-38H,14-15,18-19H2,1-2H3. The number of benzene rings is 3. The predicted molar refractivity (Wildman–Crippen MR) is 160 cm³/mol. The second-order valence-electron chi connectivity index (χ2n) is 9.96. The molecule has 5 aromatic rings. The van der Waals surface area contributed by atoms with Gasteiger partial charge in [0.1, 0.15) is 18.2 Å². The van der Waals surface area contributed by atoms with Gasteiger partial charge in [0.05, 0.1) is 35.3 Å². The Morgan fingerprint density at radius 3 is 2.53 bits per heavy atom. The zero-order valence-electron chi connectivity index (χ0n) is 23.6. The number of sulfonamides is 1. The molecule has 0 spiro atoms. The van der Waals surface area contributed by atoms with Crippen molar-refractivity contribution in [1.29, 1.82) is 0 Å². The Balaban J connectivity index is 1.36. The first-order valence-corrected chi connectivity index (χ1v) is 15.3. The average Bonchev–Trinajstić information content (AvgIpc) is 3.32. The molecule has 12 heteroatoms. The molecule has 0 fully saturated rings. The molecular formula is C31H31FN4O6S. The van der Waals surface area contributed by atoms with E-state index in [0.717, 1.165) is 6.26 Å². The Bertz CT molecular complexity index is 1860. The molecule has 0 saturated carbocycles. The van der Waals surface area contributed by atoms with Crippen molar-refractivity contribution in [2.75, 3.05) is 24.7 Å². The summed E-state index contributed by atoms with van der Waals surface area (Å²) >= 11 is 0. The van der Waals surface area contributed by atoms with Crippen LogP contribution >= 0.6 is 0 Å². The summed E-state index contributed by atoms with van der Waals surface area (Å²) in [4.78, 5) is 9.19. The minimum Gasteiger partial charge on any atom is -0.473 e. The monoisotopic (exact) mass is 606 g/mol. The van der Waals surface area contributed by atoms with Gasteiger partial charge < -0.3 is 24.3 Å². The third-order valence-corrected chi connectivity index (χ3v) is 7.37. The van der Waals surface area contributed by atoms with Crippen molar-refractivity contribution in [3.8, 4) is 17.1 Å². The normalized spacial score (nSPS) is 11.8. The Hall–Kier alpha value is -4.36. The van der Waals surface area contributed by atoms with Gasteiger partial charge in [-0.25, -0.2) is 22.8 Å². The summed E-state index contributed by atoms with van der Waals surface area (Å²) < 4.78 is 54.3. The van der Waals surface area contributed by atoms with E-state index in [2.05, 4.69) is 14.7 Å². The molecule has 0 bridgehead atoms. The van der Waals surface area contributed by atoms with Crippen LogP contribution in [0.15, 0.2) is 78.9 Å². The van der Waals surface area contributed by atoms with Gasteiger partial charge in [0.15, 0.2) is 6.29 Å². The van der Waals surface area contributed by atoms with Crippen molar-refractivity contribution < 1.29 is 32.5 Å². The minimum absolute atomic E-state index is 0.0747. The van der Waals surface area contributed by atoms with Crippen molar-refractivity contribution in [2.45, 2.75) is 25.9 Å². The van der Waals surface area contributed by atoms with Gasteiger partial charge in [-0.2, -0.15) is 0 Å². The lowest BCUT2D eigenvalue weighted by molar-refractivity contribution is -0.0424. The molecule has 5 rings (SSSR count).